The minimum Gasteiger partial charge on any atom is -0.491 e. The number of hydrogen-bond acceptors (Lipinski definition) is 6. The molecule has 1 N–H and O–H groups in total. The van der Waals surface area contributed by atoms with Gasteiger partial charge >= 0.3 is 5.97 Å². The van der Waals surface area contributed by atoms with Crippen molar-refractivity contribution in [3.63, 3.8) is 0 Å². The summed E-state index contributed by atoms with van der Waals surface area (Å²) in [7, 11) is 1.98. The molecule has 0 aliphatic carbocycles. The van der Waals surface area contributed by atoms with Crippen LogP contribution in [0.5, 0.6) is 5.75 Å². The first-order chi connectivity index (χ1) is 11.9. The third kappa shape index (κ3) is 6.93. The van der Waals surface area contributed by atoms with Crippen LogP contribution in [0.2, 0.25) is 0 Å². The zero-order chi connectivity index (χ0) is 18.2. The predicted octanol–water partition coefficient (Wildman–Crippen LogP) is 2.90. The van der Waals surface area contributed by atoms with Crippen LogP contribution in [0.3, 0.4) is 0 Å². The first kappa shape index (κ1) is 18.9. The molecule has 0 bridgehead atoms. The highest BCUT2D eigenvalue weighted by Gasteiger charge is 2.10. The van der Waals surface area contributed by atoms with E-state index in [-0.39, 0.29) is 12.5 Å². The van der Waals surface area contributed by atoms with Gasteiger partial charge in [0.1, 0.15) is 5.75 Å². The molecule has 136 valence electrons. The van der Waals surface area contributed by atoms with E-state index in [1.165, 1.54) is 0 Å². The number of aliphatic carboxylic acids is 1. The third-order valence-corrected chi connectivity index (χ3v) is 3.43. The number of carbonyl (C=O) groups is 1. The van der Waals surface area contributed by atoms with E-state index in [9.17, 15) is 4.79 Å². The van der Waals surface area contributed by atoms with E-state index in [0.717, 1.165) is 17.9 Å². The largest absolute Gasteiger partial charge is 0.491 e. The van der Waals surface area contributed by atoms with Crippen molar-refractivity contribution in [2.45, 2.75) is 52.3 Å². The lowest BCUT2D eigenvalue weighted by Gasteiger charge is -2.16. The summed E-state index contributed by atoms with van der Waals surface area (Å²) in [5, 5.41) is 12.6. The molecule has 0 radical (unpaired) electrons. The highest BCUT2D eigenvalue weighted by molar-refractivity contribution is 5.66. The van der Waals surface area contributed by atoms with Crippen LogP contribution in [0.4, 0.5) is 0 Å². The fourth-order valence-corrected chi connectivity index (χ4v) is 2.45. The van der Waals surface area contributed by atoms with Crippen LogP contribution in [0.1, 0.15) is 44.0 Å². The zero-order valence-corrected chi connectivity index (χ0v) is 14.9. The summed E-state index contributed by atoms with van der Waals surface area (Å²) in [5.74, 6) is 1.13. The van der Waals surface area contributed by atoms with Crippen LogP contribution in [0.15, 0.2) is 28.8 Å². The summed E-state index contributed by atoms with van der Waals surface area (Å²) in [6, 6.07) is 8.02. The number of carboxylic acid groups (broad SMARTS) is 1. The van der Waals surface area contributed by atoms with Crippen LogP contribution in [0, 0.1) is 0 Å². The van der Waals surface area contributed by atoms with Crippen LogP contribution >= 0.6 is 0 Å². The normalized spacial score (nSPS) is 11.2. The first-order valence-corrected chi connectivity index (χ1v) is 8.40. The number of rotatable bonds is 10. The minimum absolute atomic E-state index is 0.104. The summed E-state index contributed by atoms with van der Waals surface area (Å²) in [5.41, 5.74) is 1.14. The molecule has 7 heteroatoms. The molecule has 1 aromatic heterocycles. The monoisotopic (exact) mass is 347 g/mol. The molecular formula is C18H25N3O4. The molecule has 2 aromatic rings. The Balaban J connectivity index is 1.85. The second-order valence-electron chi connectivity index (χ2n) is 6.34. The van der Waals surface area contributed by atoms with E-state index in [2.05, 4.69) is 21.1 Å². The van der Waals surface area contributed by atoms with Crippen molar-refractivity contribution < 1.29 is 19.2 Å². The summed E-state index contributed by atoms with van der Waals surface area (Å²) in [4.78, 5) is 16.9. The molecule has 0 fully saturated rings. The van der Waals surface area contributed by atoms with E-state index in [0.29, 0.717) is 31.1 Å². The Morgan fingerprint density at radius 3 is 2.88 bits per heavy atom. The second kappa shape index (κ2) is 9.17. The Kier molecular flexibility index (Phi) is 6.94. The van der Waals surface area contributed by atoms with Crippen molar-refractivity contribution in [3.05, 3.63) is 41.5 Å². The maximum Gasteiger partial charge on any atom is 0.303 e. The van der Waals surface area contributed by atoms with Crippen molar-refractivity contribution in [2.75, 3.05) is 7.05 Å². The Hall–Kier alpha value is -2.41. The standard InChI is InChI=1S/C18H25N3O4/c1-13(2)24-15-7-4-6-14(10-15)11-21(3)12-16-19-17(25-20-16)8-5-9-18(22)23/h4,6-7,10,13H,5,8-9,11-12H2,1-3H3,(H,22,23). The molecule has 0 aliphatic rings. The van der Waals surface area contributed by atoms with Crippen molar-refractivity contribution in [1.82, 2.24) is 15.0 Å². The van der Waals surface area contributed by atoms with Gasteiger partial charge in [-0.3, -0.25) is 9.69 Å². The van der Waals surface area contributed by atoms with Gasteiger partial charge in [0, 0.05) is 19.4 Å². The smallest absolute Gasteiger partial charge is 0.303 e. The van der Waals surface area contributed by atoms with Gasteiger partial charge in [-0.2, -0.15) is 4.98 Å². The van der Waals surface area contributed by atoms with Gasteiger partial charge in [-0.05, 0) is 45.0 Å². The topological polar surface area (TPSA) is 88.7 Å². The molecule has 0 unspecified atom stereocenters. The van der Waals surface area contributed by atoms with Gasteiger partial charge in [-0.15, -0.1) is 0 Å². The quantitative estimate of drug-likeness (QED) is 0.707. The number of carboxylic acids is 1. The predicted molar refractivity (Wildman–Crippen MR) is 92.2 cm³/mol. The number of ether oxygens (including phenoxy) is 1. The SMILES string of the molecule is CC(C)Oc1cccc(CN(C)Cc2noc(CCCC(=O)O)n2)c1. The molecule has 1 heterocycles. The Bertz CT molecular complexity index is 684. The molecule has 25 heavy (non-hydrogen) atoms. The maximum atomic E-state index is 10.5. The van der Waals surface area contributed by atoms with Crippen molar-refractivity contribution >= 4 is 5.97 Å². The Morgan fingerprint density at radius 1 is 1.36 bits per heavy atom. The third-order valence-electron chi connectivity index (χ3n) is 3.43. The Labute approximate surface area is 147 Å². The number of aryl methyl sites for hydroxylation is 1. The number of aromatic nitrogens is 2. The Morgan fingerprint density at radius 2 is 2.16 bits per heavy atom. The summed E-state index contributed by atoms with van der Waals surface area (Å²) >= 11 is 0. The van der Waals surface area contributed by atoms with Crippen LogP contribution in [-0.2, 0) is 24.3 Å². The number of nitrogens with zero attached hydrogens (tertiary/aromatic N) is 3. The van der Waals surface area contributed by atoms with E-state index in [4.69, 9.17) is 14.4 Å². The van der Waals surface area contributed by atoms with Crippen LogP contribution in [0.25, 0.3) is 0 Å². The van der Waals surface area contributed by atoms with Gasteiger partial charge in [0.15, 0.2) is 5.82 Å². The van der Waals surface area contributed by atoms with E-state index < -0.39 is 5.97 Å². The lowest BCUT2D eigenvalue weighted by atomic mass is 10.2. The molecule has 0 amide bonds. The summed E-state index contributed by atoms with van der Waals surface area (Å²) in [6.45, 7) is 5.29. The minimum atomic E-state index is -0.817. The number of hydrogen-bond donors (Lipinski definition) is 1. The maximum absolute atomic E-state index is 10.5. The van der Waals surface area contributed by atoms with Gasteiger partial charge < -0.3 is 14.4 Å². The van der Waals surface area contributed by atoms with Gasteiger partial charge in [0.05, 0.1) is 12.6 Å². The van der Waals surface area contributed by atoms with Gasteiger partial charge in [-0.1, -0.05) is 17.3 Å². The van der Waals surface area contributed by atoms with Gasteiger partial charge in [-0.25, -0.2) is 0 Å². The first-order valence-electron chi connectivity index (χ1n) is 8.40. The lowest BCUT2D eigenvalue weighted by molar-refractivity contribution is -0.137. The van der Waals surface area contributed by atoms with Gasteiger partial charge in [0.25, 0.3) is 0 Å². The molecule has 0 spiro atoms. The van der Waals surface area contributed by atoms with Crippen LogP contribution < -0.4 is 4.74 Å². The average Bonchev–Trinajstić information content (AvgIpc) is 2.93. The highest BCUT2D eigenvalue weighted by Crippen LogP contribution is 2.16. The van der Waals surface area contributed by atoms with Crippen LogP contribution in [-0.4, -0.2) is 39.3 Å². The molecule has 0 aliphatic heterocycles. The summed E-state index contributed by atoms with van der Waals surface area (Å²) < 4.78 is 10.9. The zero-order valence-electron chi connectivity index (χ0n) is 14.9. The molecule has 7 nitrogen and oxygen atoms in total. The second-order valence-corrected chi connectivity index (χ2v) is 6.34. The van der Waals surface area contributed by atoms with Crippen molar-refractivity contribution in [2.24, 2.45) is 0 Å². The molecule has 0 saturated heterocycles. The fraction of sp³-hybridized carbons (Fsp3) is 0.500. The van der Waals surface area contributed by atoms with Gasteiger partial charge in [0.2, 0.25) is 5.89 Å². The van der Waals surface area contributed by atoms with E-state index in [1.54, 1.807) is 0 Å². The molecule has 1 aromatic carbocycles. The number of benzene rings is 1. The van der Waals surface area contributed by atoms with Crippen molar-refractivity contribution in [3.8, 4) is 5.75 Å². The van der Waals surface area contributed by atoms with Crippen molar-refractivity contribution in [1.29, 1.82) is 0 Å². The van der Waals surface area contributed by atoms with E-state index in [1.807, 2.05) is 39.1 Å². The fourth-order valence-electron chi connectivity index (χ4n) is 2.45. The van der Waals surface area contributed by atoms with E-state index >= 15 is 0 Å². The molecule has 0 atom stereocenters. The molecule has 0 saturated carbocycles. The average molecular weight is 347 g/mol. The molecule has 2 rings (SSSR count). The highest BCUT2D eigenvalue weighted by atomic mass is 16.5. The lowest BCUT2D eigenvalue weighted by Crippen LogP contribution is -2.18. The molecular weight excluding hydrogens is 322 g/mol. The summed E-state index contributed by atoms with van der Waals surface area (Å²) in [6.07, 6.45) is 1.23.